The average Bonchev–Trinajstić information content (AvgIpc) is 3.27. The van der Waals surface area contributed by atoms with E-state index in [1.54, 1.807) is 24.3 Å². The lowest BCUT2D eigenvalue weighted by Gasteiger charge is -2.08. The second kappa shape index (κ2) is 8.55. The summed E-state index contributed by atoms with van der Waals surface area (Å²) in [6, 6.07) is 15.3. The fraction of sp³-hybridized carbons (Fsp3) is 0.190. The predicted octanol–water partition coefficient (Wildman–Crippen LogP) is 4.01. The van der Waals surface area contributed by atoms with Crippen LogP contribution < -0.4 is 9.46 Å². The highest BCUT2D eigenvalue weighted by Crippen LogP contribution is 2.27. The summed E-state index contributed by atoms with van der Waals surface area (Å²) in [4.78, 5) is 6.23. The molecule has 0 aliphatic rings. The molecule has 30 heavy (non-hydrogen) atoms. The van der Waals surface area contributed by atoms with Gasteiger partial charge in [0.15, 0.2) is 4.96 Å². The van der Waals surface area contributed by atoms with Gasteiger partial charge in [0.05, 0.1) is 11.4 Å². The van der Waals surface area contributed by atoms with Crippen LogP contribution in [0.4, 0.5) is 4.39 Å². The van der Waals surface area contributed by atoms with Crippen LogP contribution in [0.3, 0.4) is 0 Å². The molecule has 2 aromatic heterocycles. The third-order valence-electron chi connectivity index (χ3n) is 4.61. The number of nitrogens with one attached hydrogen (secondary N) is 1. The lowest BCUT2D eigenvalue weighted by Crippen LogP contribution is -2.28. The number of thiazole rings is 1. The van der Waals surface area contributed by atoms with Gasteiger partial charge in [-0.25, -0.2) is 22.5 Å². The lowest BCUT2D eigenvalue weighted by molar-refractivity contribution is 0.340. The van der Waals surface area contributed by atoms with Gasteiger partial charge < -0.3 is 4.74 Å². The Labute approximate surface area is 178 Å². The molecule has 2 aromatic carbocycles. The summed E-state index contributed by atoms with van der Waals surface area (Å²) in [5, 5.41) is 0. The van der Waals surface area contributed by atoms with Crippen LogP contribution in [0, 0.1) is 12.7 Å². The first-order chi connectivity index (χ1) is 14.4. The maximum atomic E-state index is 13.1. The van der Waals surface area contributed by atoms with Crippen molar-refractivity contribution in [2.45, 2.75) is 13.5 Å². The van der Waals surface area contributed by atoms with Crippen LogP contribution >= 0.6 is 11.3 Å². The molecular formula is C21H20FN3O3S2. The summed E-state index contributed by atoms with van der Waals surface area (Å²) >= 11 is 1.42. The Morgan fingerprint density at radius 3 is 2.57 bits per heavy atom. The van der Waals surface area contributed by atoms with E-state index in [4.69, 9.17) is 4.74 Å². The number of aryl methyl sites for hydroxylation is 1. The van der Waals surface area contributed by atoms with Crippen molar-refractivity contribution in [2.75, 3.05) is 12.4 Å². The minimum Gasteiger partial charge on any atom is -0.492 e. The van der Waals surface area contributed by atoms with Crippen molar-refractivity contribution in [2.24, 2.45) is 0 Å². The highest BCUT2D eigenvalue weighted by molar-refractivity contribution is 7.89. The largest absolute Gasteiger partial charge is 0.492 e. The molecule has 6 nitrogen and oxygen atoms in total. The zero-order chi connectivity index (χ0) is 21.1. The number of halogens is 1. The Balaban J connectivity index is 1.39. The average molecular weight is 446 g/mol. The van der Waals surface area contributed by atoms with Crippen LogP contribution in [0.2, 0.25) is 0 Å². The number of sulfonamides is 1. The van der Waals surface area contributed by atoms with Gasteiger partial charge in [0.25, 0.3) is 0 Å². The Morgan fingerprint density at radius 2 is 1.87 bits per heavy atom. The van der Waals surface area contributed by atoms with Crippen molar-refractivity contribution in [3.05, 3.63) is 77.2 Å². The smallest absolute Gasteiger partial charge is 0.215 e. The molecule has 0 amide bonds. The molecule has 4 rings (SSSR count). The molecule has 2 heterocycles. The molecular weight excluding hydrogens is 425 g/mol. The van der Waals surface area contributed by atoms with Gasteiger partial charge in [0, 0.05) is 28.9 Å². The molecule has 0 spiro atoms. The van der Waals surface area contributed by atoms with Gasteiger partial charge in [-0.1, -0.05) is 29.5 Å². The first-order valence-electron chi connectivity index (χ1n) is 9.30. The SMILES string of the molecule is Cc1c(CNS(=O)(=O)CCOc2ccccc2)sc2nc(-c3ccc(F)cc3)cn12. The molecule has 0 unspecified atom stereocenters. The summed E-state index contributed by atoms with van der Waals surface area (Å²) in [5.41, 5.74) is 2.49. The van der Waals surface area contributed by atoms with Crippen molar-refractivity contribution in [3.63, 3.8) is 0 Å². The van der Waals surface area contributed by atoms with E-state index in [9.17, 15) is 12.8 Å². The summed E-state index contributed by atoms with van der Waals surface area (Å²) in [7, 11) is -3.48. The zero-order valence-corrected chi connectivity index (χ0v) is 17.8. The maximum Gasteiger partial charge on any atom is 0.215 e. The number of fused-ring (bicyclic) bond motifs is 1. The van der Waals surface area contributed by atoms with E-state index in [-0.39, 0.29) is 24.7 Å². The van der Waals surface area contributed by atoms with Gasteiger partial charge in [-0.2, -0.15) is 0 Å². The molecule has 0 fully saturated rings. The van der Waals surface area contributed by atoms with E-state index < -0.39 is 10.0 Å². The lowest BCUT2D eigenvalue weighted by atomic mass is 10.2. The van der Waals surface area contributed by atoms with Gasteiger partial charge in [-0.15, -0.1) is 0 Å². The third-order valence-corrected chi connectivity index (χ3v) is 7.05. The second-order valence-corrected chi connectivity index (χ2v) is 9.69. The minimum atomic E-state index is -3.48. The topological polar surface area (TPSA) is 72.7 Å². The minimum absolute atomic E-state index is 0.0765. The number of nitrogens with zero attached hydrogens (tertiary/aromatic N) is 2. The van der Waals surface area contributed by atoms with Crippen molar-refractivity contribution in [1.29, 1.82) is 0 Å². The standard InChI is InChI=1S/C21H20FN3O3S2/c1-15-20(13-23-30(26,27)12-11-28-18-5-3-2-4-6-18)29-21-24-19(14-25(15)21)16-7-9-17(22)10-8-16/h2-10,14,23H,11-13H2,1H3. The molecule has 4 aromatic rings. The number of rotatable bonds is 8. The zero-order valence-electron chi connectivity index (χ0n) is 16.2. The number of ether oxygens (including phenoxy) is 1. The number of hydrogen-bond donors (Lipinski definition) is 1. The molecule has 9 heteroatoms. The van der Waals surface area contributed by atoms with Crippen molar-refractivity contribution >= 4 is 26.3 Å². The molecule has 0 saturated carbocycles. The van der Waals surface area contributed by atoms with E-state index in [2.05, 4.69) is 9.71 Å². The molecule has 0 bridgehead atoms. The first-order valence-corrected chi connectivity index (χ1v) is 11.8. The van der Waals surface area contributed by atoms with Crippen LogP contribution in [0.5, 0.6) is 5.75 Å². The first kappa shape index (κ1) is 20.5. The molecule has 156 valence electrons. The van der Waals surface area contributed by atoms with E-state index >= 15 is 0 Å². The molecule has 0 atom stereocenters. The van der Waals surface area contributed by atoms with E-state index in [1.807, 2.05) is 35.7 Å². The van der Waals surface area contributed by atoms with Crippen molar-refractivity contribution in [3.8, 4) is 17.0 Å². The monoisotopic (exact) mass is 445 g/mol. The summed E-state index contributed by atoms with van der Waals surface area (Å²) in [6.45, 7) is 2.19. The quantitative estimate of drug-likeness (QED) is 0.445. The number of benzene rings is 2. The van der Waals surface area contributed by atoms with Crippen LogP contribution in [0.1, 0.15) is 10.6 Å². The number of hydrogen-bond acceptors (Lipinski definition) is 5. The second-order valence-electron chi connectivity index (χ2n) is 6.70. The Bertz CT molecular complexity index is 1250. The Morgan fingerprint density at radius 1 is 1.13 bits per heavy atom. The summed E-state index contributed by atoms with van der Waals surface area (Å²) in [6.07, 6.45) is 1.88. The van der Waals surface area contributed by atoms with Crippen molar-refractivity contribution in [1.82, 2.24) is 14.1 Å². The molecule has 0 radical (unpaired) electrons. The Kier molecular flexibility index (Phi) is 5.85. The molecule has 0 aliphatic heterocycles. The van der Waals surface area contributed by atoms with E-state index in [0.717, 1.165) is 26.8 Å². The highest BCUT2D eigenvalue weighted by atomic mass is 32.2. The van der Waals surface area contributed by atoms with Crippen LogP contribution in [0.25, 0.3) is 16.2 Å². The van der Waals surface area contributed by atoms with Crippen LogP contribution in [-0.2, 0) is 16.6 Å². The Hall–Kier alpha value is -2.75. The van der Waals surface area contributed by atoms with Gasteiger partial charge >= 0.3 is 0 Å². The number of imidazole rings is 1. The van der Waals surface area contributed by atoms with Crippen LogP contribution in [-0.4, -0.2) is 30.2 Å². The fourth-order valence-corrected chi connectivity index (χ4v) is 4.90. The highest BCUT2D eigenvalue weighted by Gasteiger charge is 2.16. The van der Waals surface area contributed by atoms with E-state index in [0.29, 0.717) is 5.75 Å². The molecule has 0 aliphatic carbocycles. The number of para-hydroxylation sites is 1. The van der Waals surface area contributed by atoms with Gasteiger partial charge in [0.1, 0.15) is 18.2 Å². The van der Waals surface area contributed by atoms with E-state index in [1.165, 1.54) is 23.5 Å². The molecule has 0 saturated heterocycles. The maximum absolute atomic E-state index is 13.1. The van der Waals surface area contributed by atoms with Gasteiger partial charge in [-0.05, 0) is 43.3 Å². The normalized spacial score (nSPS) is 11.8. The fourth-order valence-electron chi connectivity index (χ4n) is 2.95. The van der Waals surface area contributed by atoms with Crippen LogP contribution in [0.15, 0.2) is 60.8 Å². The predicted molar refractivity (Wildman–Crippen MR) is 116 cm³/mol. The molecule has 1 N–H and O–H groups in total. The summed E-state index contributed by atoms with van der Waals surface area (Å²) < 4.78 is 47.7. The summed E-state index contributed by atoms with van der Waals surface area (Å²) in [5.74, 6) is 0.220. The van der Waals surface area contributed by atoms with Gasteiger partial charge in [0.2, 0.25) is 10.0 Å². The third kappa shape index (κ3) is 4.69. The van der Waals surface area contributed by atoms with Gasteiger partial charge in [-0.3, -0.25) is 4.40 Å². The number of aromatic nitrogens is 2. The van der Waals surface area contributed by atoms with Crippen molar-refractivity contribution < 1.29 is 17.5 Å².